The maximum atomic E-state index is 12.2. The van der Waals surface area contributed by atoms with Gasteiger partial charge in [0.15, 0.2) is 0 Å². The number of carbonyl (C=O) groups is 1. The Morgan fingerprint density at radius 3 is 2.55 bits per heavy atom. The van der Waals surface area contributed by atoms with Crippen molar-refractivity contribution in [3.63, 3.8) is 0 Å². The number of likely N-dealkylation sites (tertiary alicyclic amines) is 1. The Morgan fingerprint density at radius 1 is 1.30 bits per heavy atom. The Balaban J connectivity index is 2.08. The standard InChI is InChI=1S/C14H19NO4S/c1-11-5-7-14(8-6-11)20(17,18)19-13-4-3-9-15(10-13)12(2)16/h5-8,13H,3-4,9-10H2,1-2H3/t13-/m1/s1. The van der Waals surface area contributed by atoms with Crippen LogP contribution in [0.1, 0.15) is 25.3 Å². The highest BCUT2D eigenvalue weighted by atomic mass is 32.2. The summed E-state index contributed by atoms with van der Waals surface area (Å²) in [5.41, 5.74) is 0.990. The van der Waals surface area contributed by atoms with Gasteiger partial charge in [0.25, 0.3) is 10.1 Å². The Morgan fingerprint density at radius 2 is 1.95 bits per heavy atom. The summed E-state index contributed by atoms with van der Waals surface area (Å²) in [6, 6.07) is 6.55. The zero-order valence-corrected chi connectivity index (χ0v) is 12.5. The summed E-state index contributed by atoms with van der Waals surface area (Å²) in [6.07, 6.45) is 0.946. The van der Waals surface area contributed by atoms with E-state index in [1.807, 2.05) is 6.92 Å². The van der Waals surface area contributed by atoms with Gasteiger partial charge in [-0.1, -0.05) is 17.7 Å². The number of aryl methyl sites for hydroxylation is 1. The SMILES string of the molecule is CC(=O)N1CCC[C@@H](OS(=O)(=O)c2ccc(C)cc2)C1. The molecule has 5 nitrogen and oxygen atoms in total. The van der Waals surface area contributed by atoms with Crippen LogP contribution in [-0.4, -0.2) is 38.4 Å². The second kappa shape index (κ2) is 5.93. The third-order valence-electron chi connectivity index (χ3n) is 3.40. The summed E-state index contributed by atoms with van der Waals surface area (Å²) in [7, 11) is -3.76. The highest BCUT2D eigenvalue weighted by Gasteiger charge is 2.27. The third kappa shape index (κ3) is 3.58. The van der Waals surface area contributed by atoms with Gasteiger partial charge in [-0.05, 0) is 31.9 Å². The number of hydrogen-bond donors (Lipinski definition) is 0. The van der Waals surface area contributed by atoms with Crippen molar-refractivity contribution < 1.29 is 17.4 Å². The fraction of sp³-hybridized carbons (Fsp3) is 0.500. The molecule has 0 aromatic heterocycles. The highest BCUT2D eigenvalue weighted by Crippen LogP contribution is 2.20. The van der Waals surface area contributed by atoms with E-state index >= 15 is 0 Å². The van der Waals surface area contributed by atoms with Crippen molar-refractivity contribution in [3.8, 4) is 0 Å². The molecular formula is C14H19NO4S. The van der Waals surface area contributed by atoms with Gasteiger partial charge in [-0.2, -0.15) is 8.42 Å². The topological polar surface area (TPSA) is 63.7 Å². The first-order chi connectivity index (χ1) is 9.38. The molecule has 6 heteroatoms. The average Bonchev–Trinajstić information content (AvgIpc) is 2.39. The molecule has 1 atom stereocenters. The smallest absolute Gasteiger partial charge is 0.297 e. The molecule has 0 saturated carbocycles. The van der Waals surface area contributed by atoms with Gasteiger partial charge in [-0.25, -0.2) is 0 Å². The van der Waals surface area contributed by atoms with Crippen molar-refractivity contribution in [3.05, 3.63) is 29.8 Å². The van der Waals surface area contributed by atoms with E-state index in [4.69, 9.17) is 4.18 Å². The second-order valence-electron chi connectivity index (χ2n) is 5.09. The van der Waals surface area contributed by atoms with Crippen LogP contribution in [0.4, 0.5) is 0 Å². The van der Waals surface area contributed by atoms with E-state index in [2.05, 4.69) is 0 Å². The van der Waals surface area contributed by atoms with Gasteiger partial charge < -0.3 is 4.90 Å². The lowest BCUT2D eigenvalue weighted by Crippen LogP contribution is -2.42. The van der Waals surface area contributed by atoms with Gasteiger partial charge in [-0.3, -0.25) is 8.98 Å². The minimum Gasteiger partial charge on any atom is -0.340 e. The summed E-state index contributed by atoms with van der Waals surface area (Å²) in [5.74, 6) is -0.0500. The lowest BCUT2D eigenvalue weighted by Gasteiger charge is -2.31. The minimum atomic E-state index is -3.76. The molecule has 1 fully saturated rings. The van der Waals surface area contributed by atoms with Crippen LogP contribution >= 0.6 is 0 Å². The Labute approximate surface area is 119 Å². The molecule has 1 amide bonds. The lowest BCUT2D eigenvalue weighted by molar-refractivity contribution is -0.131. The summed E-state index contributed by atoms with van der Waals surface area (Å²) in [4.78, 5) is 13.1. The summed E-state index contributed by atoms with van der Waals surface area (Å²) in [5, 5.41) is 0. The Kier molecular flexibility index (Phi) is 4.45. The molecule has 0 unspecified atom stereocenters. The quantitative estimate of drug-likeness (QED) is 0.797. The summed E-state index contributed by atoms with van der Waals surface area (Å²) in [6.45, 7) is 4.38. The van der Waals surface area contributed by atoms with E-state index in [-0.39, 0.29) is 10.8 Å². The predicted octanol–water partition coefficient (Wildman–Crippen LogP) is 1.71. The van der Waals surface area contributed by atoms with Gasteiger partial charge in [0.1, 0.15) is 0 Å². The van der Waals surface area contributed by atoms with E-state index in [9.17, 15) is 13.2 Å². The van der Waals surface area contributed by atoms with Crippen LogP contribution in [0, 0.1) is 6.92 Å². The Bertz CT molecular complexity index is 580. The molecule has 0 spiro atoms. The van der Waals surface area contributed by atoms with Crippen LogP contribution in [0.2, 0.25) is 0 Å². The van der Waals surface area contributed by atoms with Crippen LogP contribution < -0.4 is 0 Å². The molecule has 1 aromatic carbocycles. The monoisotopic (exact) mass is 297 g/mol. The number of carbonyl (C=O) groups excluding carboxylic acids is 1. The largest absolute Gasteiger partial charge is 0.340 e. The van der Waals surface area contributed by atoms with E-state index in [0.717, 1.165) is 12.0 Å². The maximum Gasteiger partial charge on any atom is 0.297 e. The first-order valence-corrected chi connectivity index (χ1v) is 8.05. The van der Waals surface area contributed by atoms with Crippen molar-refractivity contribution in [1.82, 2.24) is 4.90 Å². The number of rotatable bonds is 3. The minimum absolute atomic E-state index is 0.0500. The molecule has 1 aromatic rings. The van der Waals surface area contributed by atoms with Crippen molar-refractivity contribution in [2.75, 3.05) is 13.1 Å². The number of benzene rings is 1. The second-order valence-corrected chi connectivity index (χ2v) is 6.66. The van der Waals surface area contributed by atoms with E-state index < -0.39 is 16.2 Å². The van der Waals surface area contributed by atoms with Crippen LogP contribution in [0.5, 0.6) is 0 Å². The predicted molar refractivity (Wildman–Crippen MR) is 74.7 cm³/mol. The number of amides is 1. The highest BCUT2D eigenvalue weighted by molar-refractivity contribution is 7.86. The third-order valence-corrected chi connectivity index (χ3v) is 4.77. The zero-order chi connectivity index (χ0) is 14.8. The molecule has 1 aliphatic heterocycles. The van der Waals surface area contributed by atoms with E-state index in [0.29, 0.717) is 19.5 Å². The summed E-state index contributed by atoms with van der Waals surface area (Å²) >= 11 is 0. The molecule has 1 saturated heterocycles. The maximum absolute atomic E-state index is 12.2. The number of piperidine rings is 1. The van der Waals surface area contributed by atoms with E-state index in [1.165, 1.54) is 19.1 Å². The van der Waals surface area contributed by atoms with Gasteiger partial charge in [0.05, 0.1) is 11.0 Å². The van der Waals surface area contributed by atoms with Crippen molar-refractivity contribution in [2.24, 2.45) is 0 Å². The van der Waals surface area contributed by atoms with Gasteiger partial charge >= 0.3 is 0 Å². The van der Waals surface area contributed by atoms with Crippen LogP contribution in [0.3, 0.4) is 0 Å². The average molecular weight is 297 g/mol. The zero-order valence-electron chi connectivity index (χ0n) is 11.7. The van der Waals surface area contributed by atoms with Crippen molar-refractivity contribution in [2.45, 2.75) is 37.7 Å². The molecule has 1 heterocycles. The van der Waals surface area contributed by atoms with Crippen molar-refractivity contribution >= 4 is 16.0 Å². The first kappa shape index (κ1) is 15.0. The molecule has 0 N–H and O–H groups in total. The molecular weight excluding hydrogens is 278 g/mol. The molecule has 1 aliphatic rings. The van der Waals surface area contributed by atoms with Crippen molar-refractivity contribution in [1.29, 1.82) is 0 Å². The molecule has 20 heavy (non-hydrogen) atoms. The molecule has 0 aliphatic carbocycles. The Hall–Kier alpha value is -1.40. The summed E-state index contributed by atoms with van der Waals surface area (Å²) < 4.78 is 29.6. The fourth-order valence-corrected chi connectivity index (χ4v) is 3.34. The number of hydrogen-bond acceptors (Lipinski definition) is 4. The lowest BCUT2D eigenvalue weighted by atomic mass is 10.1. The van der Waals surface area contributed by atoms with Gasteiger partial charge in [0, 0.05) is 20.0 Å². The van der Waals surface area contributed by atoms with Crippen LogP contribution in [0.15, 0.2) is 29.2 Å². The van der Waals surface area contributed by atoms with E-state index in [1.54, 1.807) is 17.0 Å². The molecule has 2 rings (SSSR count). The molecule has 0 radical (unpaired) electrons. The molecule has 110 valence electrons. The fourth-order valence-electron chi connectivity index (χ4n) is 2.24. The van der Waals surface area contributed by atoms with Gasteiger partial charge in [-0.15, -0.1) is 0 Å². The van der Waals surface area contributed by atoms with Crippen LogP contribution in [0.25, 0.3) is 0 Å². The van der Waals surface area contributed by atoms with Crippen LogP contribution in [-0.2, 0) is 19.1 Å². The number of nitrogens with zero attached hydrogens (tertiary/aromatic N) is 1. The normalized spacial score (nSPS) is 19.9. The first-order valence-electron chi connectivity index (χ1n) is 6.64. The van der Waals surface area contributed by atoms with Gasteiger partial charge in [0.2, 0.25) is 5.91 Å². The molecule has 0 bridgehead atoms.